The standard InChI is InChI=1S/C10H8O6S2.2C6H3Cl2N2/c11-17(12,13)9-5-1-3-7-8(9)4-2-6-10(7)18(14,15)16;2*7-4-2-1-3-5(10-9)6(4)8/h1-6H,(H,11,12,13)(H,14,15,16);2*1-3H/q;2*+1/p-2. The molecule has 0 atom stereocenters. The number of nitrogens with zero attached hydrogens (tertiary/aromatic N) is 4. The smallest absolute Gasteiger partial charge is 0.404 e. The van der Waals surface area contributed by atoms with Crippen LogP contribution in [-0.2, 0) is 20.2 Å². The molecule has 0 radical (unpaired) electrons. The third kappa shape index (κ3) is 7.98. The van der Waals surface area contributed by atoms with Gasteiger partial charge in [-0.3, -0.25) is 0 Å². The molecule has 0 aliphatic carbocycles. The molecule has 0 fully saturated rings. The quantitative estimate of drug-likeness (QED) is 0.160. The van der Waals surface area contributed by atoms with Crippen LogP contribution in [0.2, 0.25) is 20.1 Å². The molecule has 4 aromatic rings. The Morgan fingerprint density at radius 2 is 0.868 bits per heavy atom. The monoisotopic (exact) mass is 632 g/mol. The van der Waals surface area contributed by atoms with E-state index >= 15 is 0 Å². The Kier molecular flexibility index (Phi) is 10.8. The van der Waals surface area contributed by atoms with Gasteiger partial charge in [-0.2, -0.15) is 0 Å². The second kappa shape index (κ2) is 13.2. The van der Waals surface area contributed by atoms with Crippen LogP contribution in [0.5, 0.6) is 0 Å². The van der Waals surface area contributed by atoms with E-state index < -0.39 is 30.0 Å². The number of benzene rings is 4. The Morgan fingerprint density at radius 3 is 1.13 bits per heavy atom. The fourth-order valence-corrected chi connectivity index (χ4v) is 4.88. The predicted molar refractivity (Wildman–Crippen MR) is 142 cm³/mol. The van der Waals surface area contributed by atoms with Crippen LogP contribution in [0.15, 0.2) is 82.6 Å². The van der Waals surface area contributed by atoms with Gasteiger partial charge in [-0.15, -0.1) is 0 Å². The molecule has 0 aromatic heterocycles. The van der Waals surface area contributed by atoms with Crippen molar-refractivity contribution in [2.75, 3.05) is 0 Å². The molecule has 0 amide bonds. The highest BCUT2D eigenvalue weighted by Gasteiger charge is 2.14. The van der Waals surface area contributed by atoms with Gasteiger partial charge in [0.05, 0.1) is 19.8 Å². The van der Waals surface area contributed by atoms with Crippen molar-refractivity contribution in [3.05, 3.63) is 103 Å². The lowest BCUT2D eigenvalue weighted by Crippen LogP contribution is -2.03. The summed E-state index contributed by atoms with van der Waals surface area (Å²) in [7, 11) is -9.48. The lowest BCUT2D eigenvalue weighted by molar-refractivity contribution is 0.461. The molecule has 4 aromatic carbocycles. The highest BCUT2D eigenvalue weighted by molar-refractivity contribution is 7.86. The van der Waals surface area contributed by atoms with Gasteiger partial charge in [0.25, 0.3) is 0 Å². The Morgan fingerprint density at radius 1 is 0.553 bits per heavy atom. The van der Waals surface area contributed by atoms with Crippen molar-refractivity contribution in [1.29, 1.82) is 10.8 Å². The highest BCUT2D eigenvalue weighted by atomic mass is 35.5. The van der Waals surface area contributed by atoms with Gasteiger partial charge in [0, 0.05) is 22.9 Å². The van der Waals surface area contributed by atoms with Crippen LogP contribution in [0.25, 0.3) is 20.7 Å². The summed E-state index contributed by atoms with van der Waals surface area (Å²) in [6, 6.07) is 16.8. The van der Waals surface area contributed by atoms with Crippen molar-refractivity contribution in [1.82, 2.24) is 0 Å². The lowest BCUT2D eigenvalue weighted by atomic mass is 10.1. The van der Waals surface area contributed by atoms with Gasteiger partial charge in [0.2, 0.25) is 10.8 Å². The van der Waals surface area contributed by atoms with E-state index in [1.807, 2.05) is 0 Å². The first kappa shape index (κ1) is 31.2. The summed E-state index contributed by atoms with van der Waals surface area (Å²) in [6.07, 6.45) is 0. The Labute approximate surface area is 237 Å². The van der Waals surface area contributed by atoms with Gasteiger partial charge in [0.1, 0.15) is 20.2 Å². The average Bonchev–Trinajstić information content (AvgIpc) is 2.86. The summed E-state index contributed by atoms with van der Waals surface area (Å²) in [4.78, 5) is 4.73. The zero-order valence-electron chi connectivity index (χ0n) is 18.5. The fraction of sp³-hybridized carbons (Fsp3) is 0. The van der Waals surface area contributed by atoms with E-state index in [4.69, 9.17) is 57.2 Å². The second-order valence-electron chi connectivity index (χ2n) is 6.86. The summed E-state index contributed by atoms with van der Waals surface area (Å²) in [6.45, 7) is 0. The van der Waals surface area contributed by atoms with Crippen LogP contribution in [-0.4, -0.2) is 25.9 Å². The number of hydrogen-bond acceptors (Lipinski definition) is 8. The molecule has 0 aliphatic rings. The van der Waals surface area contributed by atoms with Crippen molar-refractivity contribution in [2.24, 2.45) is 0 Å². The van der Waals surface area contributed by atoms with Gasteiger partial charge in [-0.1, -0.05) is 82.8 Å². The molecule has 0 N–H and O–H groups in total. The van der Waals surface area contributed by atoms with Crippen molar-refractivity contribution in [2.45, 2.75) is 9.79 Å². The summed E-state index contributed by atoms with van der Waals surface area (Å²) >= 11 is 22.4. The summed E-state index contributed by atoms with van der Waals surface area (Å²) in [5.74, 6) is 0. The molecule has 196 valence electrons. The third-order valence-electron chi connectivity index (χ3n) is 4.46. The second-order valence-corrected chi connectivity index (χ2v) is 11.1. The first-order valence-electron chi connectivity index (χ1n) is 9.74. The van der Waals surface area contributed by atoms with Gasteiger partial charge in [0.15, 0.2) is 20.0 Å². The van der Waals surface area contributed by atoms with Crippen LogP contribution in [0.4, 0.5) is 11.4 Å². The molecule has 4 rings (SSSR count). The van der Waals surface area contributed by atoms with Crippen molar-refractivity contribution >= 4 is 88.8 Å². The molecule has 38 heavy (non-hydrogen) atoms. The van der Waals surface area contributed by atoms with E-state index in [9.17, 15) is 25.9 Å². The molecule has 0 aliphatic heterocycles. The van der Waals surface area contributed by atoms with Gasteiger partial charge >= 0.3 is 11.4 Å². The van der Waals surface area contributed by atoms with Gasteiger partial charge < -0.3 is 9.11 Å². The van der Waals surface area contributed by atoms with E-state index in [0.717, 1.165) is 12.1 Å². The number of halogens is 4. The molecule has 0 saturated carbocycles. The minimum atomic E-state index is -4.74. The lowest BCUT2D eigenvalue weighted by Gasteiger charge is -2.14. The topological polar surface area (TPSA) is 171 Å². The largest absolute Gasteiger partial charge is 0.744 e. The van der Waals surface area contributed by atoms with Crippen LogP contribution < -0.4 is 0 Å². The molecular formula is C22H12Cl4N4O6S2. The van der Waals surface area contributed by atoms with E-state index in [2.05, 4.69) is 9.95 Å². The van der Waals surface area contributed by atoms with Gasteiger partial charge in [-0.05, 0) is 24.3 Å². The maximum atomic E-state index is 11.0. The molecule has 0 bridgehead atoms. The van der Waals surface area contributed by atoms with Crippen LogP contribution in [0.1, 0.15) is 0 Å². The summed E-state index contributed by atoms with van der Waals surface area (Å²) in [5, 5.41) is 17.8. The zero-order chi connectivity index (χ0) is 28.7. The highest BCUT2D eigenvalue weighted by Crippen LogP contribution is 2.32. The summed E-state index contributed by atoms with van der Waals surface area (Å²) in [5.41, 5.74) is 0.573. The number of hydrogen-bond donors (Lipinski definition) is 0. The Hall–Kier alpha value is -3.04. The Bertz CT molecular complexity index is 1670. The molecular weight excluding hydrogens is 622 g/mol. The number of diazo groups is 2. The van der Waals surface area contributed by atoms with E-state index in [1.165, 1.54) is 24.3 Å². The predicted octanol–water partition coefficient (Wildman–Crippen LogP) is 7.60. The first-order chi connectivity index (χ1) is 17.7. The number of rotatable bonds is 2. The minimum absolute atomic E-state index is 0.0792. The molecule has 0 heterocycles. The normalized spacial score (nSPS) is 10.7. The van der Waals surface area contributed by atoms with Crippen LogP contribution in [0.3, 0.4) is 0 Å². The van der Waals surface area contributed by atoms with Crippen molar-refractivity contribution in [3.8, 4) is 0 Å². The molecule has 0 unspecified atom stereocenters. The van der Waals surface area contributed by atoms with Crippen LogP contribution >= 0.6 is 46.4 Å². The maximum Gasteiger partial charge on any atom is 0.404 e. The van der Waals surface area contributed by atoms with E-state index in [1.54, 1.807) is 36.4 Å². The zero-order valence-corrected chi connectivity index (χ0v) is 23.2. The van der Waals surface area contributed by atoms with E-state index in [0.29, 0.717) is 10.0 Å². The molecule has 10 nitrogen and oxygen atoms in total. The maximum absolute atomic E-state index is 11.0. The third-order valence-corrected chi connectivity index (χ3v) is 7.87. The van der Waals surface area contributed by atoms with E-state index in [-0.39, 0.29) is 32.2 Å². The molecule has 0 saturated heterocycles. The van der Waals surface area contributed by atoms with Crippen molar-refractivity contribution in [3.63, 3.8) is 0 Å². The summed E-state index contributed by atoms with van der Waals surface area (Å²) < 4.78 is 66.1. The van der Waals surface area contributed by atoms with Crippen molar-refractivity contribution < 1.29 is 25.9 Å². The fourth-order valence-electron chi connectivity index (χ4n) is 2.83. The molecule has 0 spiro atoms. The average molecular weight is 634 g/mol. The Balaban J connectivity index is 0.000000216. The number of fused-ring (bicyclic) bond motifs is 1. The molecule has 16 heteroatoms. The SMILES string of the molecule is N#[N+]c1cccc(Cl)c1Cl.N#[N+]c1cccc(Cl)c1Cl.O=S(=O)([O-])c1cccc2c(S(=O)(=O)[O-])cccc12. The minimum Gasteiger partial charge on any atom is -0.744 e. The van der Waals surface area contributed by atoms with Gasteiger partial charge in [-0.25, -0.2) is 16.8 Å². The van der Waals surface area contributed by atoms with Crippen LogP contribution in [0, 0.1) is 10.8 Å². The first-order valence-corrected chi connectivity index (χ1v) is 14.1.